The van der Waals surface area contributed by atoms with E-state index in [1.54, 1.807) is 0 Å². The van der Waals surface area contributed by atoms with E-state index in [1.165, 1.54) is 0 Å². The Kier molecular flexibility index (Phi) is 4.54. The smallest absolute Gasteiger partial charge is 0.0626 e. The minimum atomic E-state index is 0.0452. The van der Waals surface area contributed by atoms with Crippen LogP contribution in [0, 0.1) is 0 Å². The minimum absolute atomic E-state index is 0.0452. The maximum atomic E-state index is 9.42. The van der Waals surface area contributed by atoms with Crippen LogP contribution in [0.3, 0.4) is 0 Å². The topological polar surface area (TPSA) is 41.5 Å². The van der Waals surface area contributed by atoms with E-state index < -0.39 is 0 Å². The lowest BCUT2D eigenvalue weighted by Gasteiger charge is -2.37. The van der Waals surface area contributed by atoms with E-state index in [-0.39, 0.29) is 12.6 Å². The second kappa shape index (κ2) is 6.15. The molecule has 0 amide bonds. The molecule has 17 heavy (non-hydrogen) atoms. The van der Waals surface area contributed by atoms with Crippen molar-refractivity contribution >= 4 is 0 Å². The Bertz CT molecular complexity index is 322. The van der Waals surface area contributed by atoms with Crippen LogP contribution in [-0.4, -0.2) is 30.5 Å². The number of ether oxygens (including phenoxy) is 1. The fraction of sp³-hybridized carbons (Fsp3) is 0.571. The first-order valence-electron chi connectivity index (χ1n) is 6.37. The third kappa shape index (κ3) is 3.28. The molecule has 1 aromatic carbocycles. The van der Waals surface area contributed by atoms with Gasteiger partial charge in [0.25, 0.3) is 0 Å². The second-order valence-corrected chi connectivity index (χ2v) is 4.56. The highest BCUT2D eigenvalue weighted by Gasteiger charge is 2.31. The van der Waals surface area contributed by atoms with Crippen LogP contribution in [0.15, 0.2) is 30.3 Å². The van der Waals surface area contributed by atoms with Crippen molar-refractivity contribution in [3.63, 3.8) is 0 Å². The van der Waals surface area contributed by atoms with Crippen LogP contribution in [0.25, 0.3) is 0 Å². The van der Waals surface area contributed by atoms with Crippen molar-refractivity contribution in [2.24, 2.45) is 0 Å². The predicted molar refractivity (Wildman–Crippen MR) is 67.8 cm³/mol. The zero-order chi connectivity index (χ0) is 12.1. The first kappa shape index (κ1) is 12.6. The zero-order valence-corrected chi connectivity index (χ0v) is 10.3. The van der Waals surface area contributed by atoms with Gasteiger partial charge in [0, 0.05) is 12.6 Å². The van der Waals surface area contributed by atoms with Gasteiger partial charge in [0.15, 0.2) is 0 Å². The molecule has 1 aliphatic rings. The Labute approximate surface area is 103 Å². The molecule has 3 nitrogen and oxygen atoms in total. The van der Waals surface area contributed by atoms with Crippen LogP contribution in [-0.2, 0) is 4.74 Å². The number of hydrogen-bond acceptors (Lipinski definition) is 3. The molecule has 0 aromatic heterocycles. The Balaban J connectivity index is 1.82. The van der Waals surface area contributed by atoms with E-state index >= 15 is 0 Å². The molecule has 2 rings (SSSR count). The van der Waals surface area contributed by atoms with Gasteiger partial charge in [-0.05, 0) is 25.3 Å². The van der Waals surface area contributed by atoms with Crippen molar-refractivity contribution in [3.8, 4) is 0 Å². The summed E-state index contributed by atoms with van der Waals surface area (Å²) in [6, 6.07) is 10.6. The van der Waals surface area contributed by atoms with E-state index in [0.29, 0.717) is 12.1 Å². The quantitative estimate of drug-likeness (QED) is 0.791. The molecule has 1 fully saturated rings. The number of benzene rings is 1. The first-order valence-corrected chi connectivity index (χ1v) is 6.37. The summed E-state index contributed by atoms with van der Waals surface area (Å²) in [5.74, 6) is 0. The van der Waals surface area contributed by atoms with Crippen molar-refractivity contribution in [1.29, 1.82) is 0 Å². The Hall–Kier alpha value is -0.900. The summed E-state index contributed by atoms with van der Waals surface area (Å²) in [6.45, 7) is 2.96. The van der Waals surface area contributed by atoms with Crippen molar-refractivity contribution < 1.29 is 9.84 Å². The Morgan fingerprint density at radius 1 is 1.35 bits per heavy atom. The van der Waals surface area contributed by atoms with Crippen LogP contribution < -0.4 is 5.32 Å². The van der Waals surface area contributed by atoms with Gasteiger partial charge in [-0.15, -0.1) is 0 Å². The van der Waals surface area contributed by atoms with Gasteiger partial charge in [0.05, 0.1) is 18.8 Å². The fourth-order valence-corrected chi connectivity index (χ4v) is 2.30. The fourth-order valence-electron chi connectivity index (χ4n) is 2.30. The summed E-state index contributed by atoms with van der Waals surface area (Å²) >= 11 is 0. The van der Waals surface area contributed by atoms with Crippen molar-refractivity contribution in [2.45, 2.75) is 38.0 Å². The molecule has 1 saturated carbocycles. The lowest BCUT2D eigenvalue weighted by molar-refractivity contribution is -0.0141. The van der Waals surface area contributed by atoms with Crippen LogP contribution >= 0.6 is 0 Å². The van der Waals surface area contributed by atoms with E-state index in [2.05, 4.69) is 5.32 Å². The van der Waals surface area contributed by atoms with Crippen LogP contribution in [0.2, 0.25) is 0 Å². The molecule has 0 saturated heterocycles. The van der Waals surface area contributed by atoms with Gasteiger partial charge < -0.3 is 15.2 Å². The minimum Gasteiger partial charge on any atom is -0.394 e. The van der Waals surface area contributed by atoms with Gasteiger partial charge >= 0.3 is 0 Å². The maximum absolute atomic E-state index is 9.42. The molecule has 0 heterocycles. The summed E-state index contributed by atoms with van der Waals surface area (Å²) in [5, 5.41) is 12.9. The number of aliphatic hydroxyl groups is 1. The van der Waals surface area contributed by atoms with E-state index in [9.17, 15) is 5.11 Å². The van der Waals surface area contributed by atoms with Crippen LogP contribution in [0.1, 0.15) is 31.4 Å². The molecule has 1 aromatic rings. The van der Waals surface area contributed by atoms with E-state index in [4.69, 9.17) is 4.74 Å². The molecule has 94 valence electrons. The van der Waals surface area contributed by atoms with Gasteiger partial charge in [-0.3, -0.25) is 0 Å². The monoisotopic (exact) mass is 235 g/mol. The zero-order valence-electron chi connectivity index (χ0n) is 10.3. The van der Waals surface area contributed by atoms with Crippen molar-refractivity contribution in [1.82, 2.24) is 5.32 Å². The second-order valence-electron chi connectivity index (χ2n) is 4.56. The lowest BCUT2D eigenvalue weighted by Crippen LogP contribution is -2.47. The highest BCUT2D eigenvalue weighted by atomic mass is 16.5. The average molecular weight is 235 g/mol. The highest BCUT2D eigenvalue weighted by Crippen LogP contribution is 2.26. The molecule has 0 radical (unpaired) electrons. The third-order valence-electron chi connectivity index (χ3n) is 3.32. The number of hydrogen-bond donors (Lipinski definition) is 2. The number of nitrogens with one attached hydrogen (secondary N) is 1. The third-order valence-corrected chi connectivity index (χ3v) is 3.32. The number of aliphatic hydroxyl groups excluding tert-OH is 1. The SMILES string of the molecule is CCOC1CC(N[C@@H](CO)c2ccccc2)C1. The van der Waals surface area contributed by atoms with Crippen molar-refractivity contribution in [2.75, 3.05) is 13.2 Å². The van der Waals surface area contributed by atoms with Crippen LogP contribution in [0.5, 0.6) is 0 Å². The highest BCUT2D eigenvalue weighted by molar-refractivity contribution is 5.19. The molecule has 0 bridgehead atoms. The van der Waals surface area contributed by atoms with Gasteiger partial charge in [-0.25, -0.2) is 0 Å². The van der Waals surface area contributed by atoms with Gasteiger partial charge in [0.1, 0.15) is 0 Å². The maximum Gasteiger partial charge on any atom is 0.0626 e. The summed E-state index contributed by atoms with van der Waals surface area (Å²) < 4.78 is 5.53. The standard InChI is InChI=1S/C14H21NO2/c1-2-17-13-8-12(9-13)15-14(10-16)11-6-4-3-5-7-11/h3-7,12-16H,2,8-10H2,1H3/t12?,13?,14-/m0/s1. The Morgan fingerprint density at radius 2 is 2.06 bits per heavy atom. The molecule has 1 aliphatic carbocycles. The van der Waals surface area contributed by atoms with Crippen molar-refractivity contribution in [3.05, 3.63) is 35.9 Å². The van der Waals surface area contributed by atoms with Crippen LogP contribution in [0.4, 0.5) is 0 Å². The average Bonchev–Trinajstić information content (AvgIpc) is 2.33. The molecule has 2 N–H and O–H groups in total. The molecule has 1 atom stereocenters. The predicted octanol–water partition coefficient (Wildman–Crippen LogP) is 1.88. The number of rotatable bonds is 6. The molecular formula is C14H21NO2. The Morgan fingerprint density at radius 3 is 2.65 bits per heavy atom. The van der Waals surface area contributed by atoms with E-state index in [0.717, 1.165) is 25.0 Å². The molecular weight excluding hydrogens is 214 g/mol. The summed E-state index contributed by atoms with van der Waals surface area (Å²) in [5.41, 5.74) is 1.15. The van der Waals surface area contributed by atoms with E-state index in [1.807, 2.05) is 37.3 Å². The normalized spacial score (nSPS) is 25.3. The first-order chi connectivity index (χ1) is 8.33. The lowest BCUT2D eigenvalue weighted by atomic mass is 9.88. The van der Waals surface area contributed by atoms with Gasteiger partial charge in [-0.2, -0.15) is 0 Å². The van der Waals surface area contributed by atoms with Gasteiger partial charge in [0.2, 0.25) is 0 Å². The molecule has 0 aliphatic heterocycles. The summed E-state index contributed by atoms with van der Waals surface area (Å²) in [4.78, 5) is 0. The molecule has 0 spiro atoms. The largest absolute Gasteiger partial charge is 0.394 e. The molecule has 0 unspecified atom stereocenters. The van der Waals surface area contributed by atoms with Gasteiger partial charge in [-0.1, -0.05) is 30.3 Å². The summed E-state index contributed by atoms with van der Waals surface area (Å²) in [7, 11) is 0. The molecule has 3 heteroatoms. The summed E-state index contributed by atoms with van der Waals surface area (Å²) in [6.07, 6.45) is 2.52.